The number of aromatic amines is 1. The summed E-state index contributed by atoms with van der Waals surface area (Å²) in [4.78, 5) is 12.5. The average molecular weight is 351 g/mol. The Balaban J connectivity index is 1.84. The largest absolute Gasteiger partial charge is 0.497 e. The van der Waals surface area contributed by atoms with Crippen molar-refractivity contribution < 1.29 is 14.3 Å². The molecule has 2 N–H and O–H groups in total. The molecule has 0 atom stereocenters. The SMILES string of the molecule is COc1cccc(CC(=O)Nc2c(-c3ccccc3OC)n[nH]c2C)c1. The lowest BCUT2D eigenvalue weighted by molar-refractivity contribution is -0.115. The molecule has 134 valence electrons. The van der Waals surface area contributed by atoms with Gasteiger partial charge in [0.15, 0.2) is 0 Å². The molecule has 0 saturated heterocycles. The molecule has 2 aromatic carbocycles. The van der Waals surface area contributed by atoms with Crippen molar-refractivity contribution >= 4 is 11.6 Å². The number of ether oxygens (including phenoxy) is 2. The fourth-order valence-corrected chi connectivity index (χ4v) is 2.77. The van der Waals surface area contributed by atoms with Crippen molar-refractivity contribution in [1.82, 2.24) is 10.2 Å². The maximum absolute atomic E-state index is 12.5. The fraction of sp³-hybridized carbons (Fsp3) is 0.200. The summed E-state index contributed by atoms with van der Waals surface area (Å²) in [6.07, 6.45) is 0.243. The van der Waals surface area contributed by atoms with Crippen molar-refractivity contribution in [1.29, 1.82) is 0 Å². The number of rotatable bonds is 6. The predicted octanol–water partition coefficient (Wildman–Crippen LogP) is 3.58. The highest BCUT2D eigenvalue weighted by Crippen LogP contribution is 2.34. The molecule has 1 amide bonds. The van der Waals surface area contributed by atoms with Crippen LogP contribution in [0.25, 0.3) is 11.3 Å². The van der Waals surface area contributed by atoms with Gasteiger partial charge in [0.25, 0.3) is 0 Å². The summed E-state index contributed by atoms with van der Waals surface area (Å²) in [5.41, 5.74) is 3.78. The van der Waals surface area contributed by atoms with Gasteiger partial charge in [0.1, 0.15) is 17.2 Å². The van der Waals surface area contributed by atoms with Crippen LogP contribution in [0.3, 0.4) is 0 Å². The number of aryl methyl sites for hydroxylation is 1. The molecule has 0 aliphatic rings. The van der Waals surface area contributed by atoms with E-state index in [0.29, 0.717) is 17.1 Å². The van der Waals surface area contributed by atoms with Gasteiger partial charge >= 0.3 is 0 Å². The second kappa shape index (κ2) is 7.74. The van der Waals surface area contributed by atoms with Gasteiger partial charge in [0, 0.05) is 5.56 Å². The molecule has 6 heteroatoms. The topological polar surface area (TPSA) is 76.2 Å². The Morgan fingerprint density at radius 2 is 1.92 bits per heavy atom. The van der Waals surface area contributed by atoms with Gasteiger partial charge in [0.05, 0.1) is 32.0 Å². The van der Waals surface area contributed by atoms with Crippen LogP contribution in [-0.4, -0.2) is 30.3 Å². The van der Waals surface area contributed by atoms with Gasteiger partial charge in [-0.3, -0.25) is 9.89 Å². The van der Waals surface area contributed by atoms with Crippen molar-refractivity contribution in [3.63, 3.8) is 0 Å². The number of hydrogen-bond acceptors (Lipinski definition) is 4. The summed E-state index contributed by atoms with van der Waals surface area (Å²) in [5.74, 6) is 1.30. The number of H-pyrrole nitrogens is 1. The Morgan fingerprint density at radius 3 is 2.69 bits per heavy atom. The first-order valence-electron chi connectivity index (χ1n) is 8.23. The highest BCUT2D eigenvalue weighted by molar-refractivity contribution is 5.97. The molecule has 3 aromatic rings. The number of amides is 1. The third-order valence-corrected chi connectivity index (χ3v) is 4.07. The summed E-state index contributed by atoms with van der Waals surface area (Å²) in [7, 11) is 3.22. The zero-order valence-corrected chi connectivity index (χ0v) is 15.0. The van der Waals surface area contributed by atoms with Crippen molar-refractivity contribution in [2.75, 3.05) is 19.5 Å². The second-order valence-electron chi connectivity index (χ2n) is 5.85. The number of benzene rings is 2. The molecule has 0 fully saturated rings. The summed E-state index contributed by atoms with van der Waals surface area (Å²) in [5, 5.41) is 10.2. The van der Waals surface area contributed by atoms with Gasteiger partial charge in [-0.15, -0.1) is 0 Å². The van der Waals surface area contributed by atoms with Crippen LogP contribution in [0.4, 0.5) is 5.69 Å². The number of anilines is 1. The minimum absolute atomic E-state index is 0.126. The number of nitrogens with one attached hydrogen (secondary N) is 2. The molecule has 0 spiro atoms. The molecule has 0 radical (unpaired) electrons. The van der Waals surface area contributed by atoms with Crippen molar-refractivity contribution in [2.45, 2.75) is 13.3 Å². The van der Waals surface area contributed by atoms with Gasteiger partial charge in [0.2, 0.25) is 5.91 Å². The highest BCUT2D eigenvalue weighted by atomic mass is 16.5. The molecule has 0 aliphatic carbocycles. The van der Waals surface area contributed by atoms with E-state index < -0.39 is 0 Å². The third-order valence-electron chi connectivity index (χ3n) is 4.07. The summed E-state index contributed by atoms with van der Waals surface area (Å²) >= 11 is 0. The van der Waals surface area contributed by atoms with Crippen molar-refractivity contribution in [2.24, 2.45) is 0 Å². The lowest BCUT2D eigenvalue weighted by Crippen LogP contribution is -2.15. The van der Waals surface area contributed by atoms with Crippen LogP contribution in [0.2, 0.25) is 0 Å². The molecular weight excluding hydrogens is 330 g/mol. The van der Waals surface area contributed by atoms with E-state index >= 15 is 0 Å². The summed E-state index contributed by atoms with van der Waals surface area (Å²) in [6, 6.07) is 15.0. The standard InChI is InChI=1S/C20H21N3O3/c1-13-19(20(23-22-13)16-9-4-5-10-17(16)26-3)21-18(24)12-14-7-6-8-15(11-14)25-2/h4-11H,12H2,1-3H3,(H,21,24)(H,22,23). The fourth-order valence-electron chi connectivity index (χ4n) is 2.77. The summed E-state index contributed by atoms with van der Waals surface area (Å²) in [6.45, 7) is 1.87. The average Bonchev–Trinajstić information content (AvgIpc) is 3.02. The van der Waals surface area contributed by atoms with E-state index in [2.05, 4.69) is 15.5 Å². The smallest absolute Gasteiger partial charge is 0.228 e. The van der Waals surface area contributed by atoms with Gasteiger partial charge in [-0.25, -0.2) is 0 Å². The molecule has 1 aromatic heterocycles. The van der Waals surface area contributed by atoms with Crippen LogP contribution >= 0.6 is 0 Å². The number of carbonyl (C=O) groups excluding carboxylic acids is 1. The Kier molecular flexibility index (Phi) is 5.22. The second-order valence-corrected chi connectivity index (χ2v) is 5.85. The Bertz CT molecular complexity index is 918. The highest BCUT2D eigenvalue weighted by Gasteiger charge is 2.18. The molecule has 26 heavy (non-hydrogen) atoms. The van der Waals surface area contributed by atoms with Crippen LogP contribution < -0.4 is 14.8 Å². The van der Waals surface area contributed by atoms with Crippen LogP contribution in [0, 0.1) is 6.92 Å². The number of carbonyl (C=O) groups is 1. The zero-order chi connectivity index (χ0) is 18.5. The van der Waals surface area contributed by atoms with E-state index in [0.717, 1.165) is 22.6 Å². The first kappa shape index (κ1) is 17.5. The normalized spacial score (nSPS) is 10.4. The zero-order valence-electron chi connectivity index (χ0n) is 15.0. The minimum Gasteiger partial charge on any atom is -0.497 e. The van der Waals surface area contributed by atoms with E-state index in [9.17, 15) is 4.79 Å². The predicted molar refractivity (Wildman–Crippen MR) is 101 cm³/mol. The number of para-hydroxylation sites is 1. The molecule has 1 heterocycles. The molecule has 0 aliphatic heterocycles. The van der Waals surface area contributed by atoms with Crippen LogP contribution in [0.15, 0.2) is 48.5 Å². The van der Waals surface area contributed by atoms with Gasteiger partial charge < -0.3 is 14.8 Å². The number of hydrogen-bond donors (Lipinski definition) is 2. The first-order valence-corrected chi connectivity index (χ1v) is 8.23. The summed E-state index contributed by atoms with van der Waals surface area (Å²) < 4.78 is 10.6. The first-order chi connectivity index (χ1) is 12.6. The lowest BCUT2D eigenvalue weighted by Gasteiger charge is -2.10. The quantitative estimate of drug-likeness (QED) is 0.712. The Labute approximate surface area is 152 Å². The monoisotopic (exact) mass is 351 g/mol. The van der Waals surface area contributed by atoms with Crippen LogP contribution in [0.5, 0.6) is 11.5 Å². The number of aromatic nitrogens is 2. The third kappa shape index (κ3) is 3.69. The Hall–Kier alpha value is -3.28. The van der Waals surface area contributed by atoms with Gasteiger partial charge in [-0.1, -0.05) is 24.3 Å². The molecule has 6 nitrogen and oxygen atoms in total. The maximum atomic E-state index is 12.5. The van der Waals surface area contributed by atoms with E-state index in [1.54, 1.807) is 14.2 Å². The Morgan fingerprint density at radius 1 is 1.12 bits per heavy atom. The number of methoxy groups -OCH3 is 2. The van der Waals surface area contributed by atoms with E-state index in [1.807, 2.05) is 55.5 Å². The number of nitrogens with zero attached hydrogens (tertiary/aromatic N) is 1. The van der Waals surface area contributed by atoms with Crippen LogP contribution in [0.1, 0.15) is 11.3 Å². The van der Waals surface area contributed by atoms with E-state index in [4.69, 9.17) is 9.47 Å². The van der Waals surface area contributed by atoms with Crippen molar-refractivity contribution in [3.05, 3.63) is 59.8 Å². The minimum atomic E-state index is -0.126. The van der Waals surface area contributed by atoms with Crippen LogP contribution in [-0.2, 0) is 11.2 Å². The molecule has 3 rings (SSSR count). The van der Waals surface area contributed by atoms with E-state index in [-0.39, 0.29) is 12.3 Å². The lowest BCUT2D eigenvalue weighted by atomic mass is 10.1. The molecule has 0 saturated carbocycles. The maximum Gasteiger partial charge on any atom is 0.228 e. The van der Waals surface area contributed by atoms with Crippen molar-refractivity contribution in [3.8, 4) is 22.8 Å². The molecular formula is C20H21N3O3. The van der Waals surface area contributed by atoms with Gasteiger partial charge in [-0.2, -0.15) is 5.10 Å². The molecule has 0 unspecified atom stereocenters. The molecule has 0 bridgehead atoms. The van der Waals surface area contributed by atoms with Gasteiger partial charge in [-0.05, 0) is 36.8 Å². The van der Waals surface area contributed by atoms with E-state index in [1.165, 1.54) is 0 Å².